The first-order chi connectivity index (χ1) is 7.66. The van der Waals surface area contributed by atoms with Crippen molar-refractivity contribution in [3.8, 4) is 0 Å². The summed E-state index contributed by atoms with van der Waals surface area (Å²) in [5.74, 6) is 0.0789. The van der Waals surface area contributed by atoms with Gasteiger partial charge >= 0.3 is 0 Å². The van der Waals surface area contributed by atoms with Gasteiger partial charge in [-0.15, -0.1) is 11.3 Å². The molecule has 0 aliphatic carbocycles. The molecule has 1 atom stereocenters. The number of hydrogen-bond acceptors (Lipinski definition) is 3. The second-order valence-corrected chi connectivity index (χ2v) is 5.15. The lowest BCUT2D eigenvalue weighted by Crippen LogP contribution is -2.07. The molecule has 2 nitrogen and oxygen atoms in total. The summed E-state index contributed by atoms with van der Waals surface area (Å²) in [6, 6.07) is 6.82. The van der Waals surface area contributed by atoms with E-state index in [0.29, 0.717) is 5.82 Å². The van der Waals surface area contributed by atoms with Crippen molar-refractivity contribution < 1.29 is 4.39 Å². The van der Waals surface area contributed by atoms with Gasteiger partial charge in [0.15, 0.2) is 0 Å². The first kappa shape index (κ1) is 11.5. The molecule has 2 heterocycles. The average molecular weight is 301 g/mol. The summed E-state index contributed by atoms with van der Waals surface area (Å²) in [6.07, 6.45) is 0. The maximum Gasteiger partial charge on any atom is 0.214 e. The quantitative estimate of drug-likeness (QED) is 0.859. The third-order valence-corrected chi connectivity index (χ3v) is 4.17. The molecule has 2 rings (SSSR count). The van der Waals surface area contributed by atoms with Gasteiger partial charge in [0.05, 0.1) is 6.04 Å². The van der Waals surface area contributed by atoms with E-state index in [2.05, 4.69) is 26.2 Å². The third-order valence-electron chi connectivity index (χ3n) is 2.12. The van der Waals surface area contributed by atoms with Gasteiger partial charge in [0.25, 0.3) is 0 Å². The number of halogens is 2. The van der Waals surface area contributed by atoms with Crippen molar-refractivity contribution in [2.24, 2.45) is 0 Å². The van der Waals surface area contributed by atoms with Crippen LogP contribution in [0, 0.1) is 5.95 Å². The molecule has 0 aliphatic rings. The Bertz CT molecular complexity index is 486. The normalized spacial score (nSPS) is 12.4. The predicted octanol–water partition coefficient (Wildman–Crippen LogP) is 4.22. The molecule has 0 fully saturated rings. The van der Waals surface area contributed by atoms with Crippen LogP contribution in [0.4, 0.5) is 10.2 Å². The topological polar surface area (TPSA) is 24.9 Å². The Labute approximate surface area is 106 Å². The molecule has 2 aromatic heterocycles. The average Bonchev–Trinajstić information content (AvgIpc) is 2.64. The smallest absolute Gasteiger partial charge is 0.214 e. The van der Waals surface area contributed by atoms with Crippen LogP contribution in [0.1, 0.15) is 17.8 Å². The molecule has 0 spiro atoms. The Morgan fingerprint density at radius 2 is 2.25 bits per heavy atom. The van der Waals surface area contributed by atoms with Gasteiger partial charge in [0.2, 0.25) is 5.95 Å². The van der Waals surface area contributed by atoms with Crippen molar-refractivity contribution in [2.75, 3.05) is 5.32 Å². The highest BCUT2D eigenvalue weighted by molar-refractivity contribution is 9.10. The summed E-state index contributed by atoms with van der Waals surface area (Å²) >= 11 is 5.12. The highest BCUT2D eigenvalue weighted by Crippen LogP contribution is 2.30. The maximum absolute atomic E-state index is 12.9. The number of anilines is 1. The number of aromatic nitrogens is 1. The van der Waals surface area contributed by atoms with Gasteiger partial charge in [0, 0.05) is 9.35 Å². The van der Waals surface area contributed by atoms with E-state index in [0.717, 1.165) is 4.47 Å². The number of thiophene rings is 1. The Hall–Kier alpha value is -0.940. The first-order valence-corrected chi connectivity index (χ1v) is 6.46. The molecule has 0 amide bonds. The number of rotatable bonds is 3. The molecule has 2 aromatic rings. The molecule has 0 saturated heterocycles. The molecule has 1 unspecified atom stereocenters. The SMILES string of the molecule is CC(Nc1cccc(F)n1)c1sccc1Br. The van der Waals surface area contributed by atoms with Crippen LogP contribution in [-0.2, 0) is 0 Å². The molecular formula is C11H10BrFN2S. The molecule has 0 saturated carbocycles. The largest absolute Gasteiger partial charge is 0.363 e. The molecule has 16 heavy (non-hydrogen) atoms. The van der Waals surface area contributed by atoms with Gasteiger partial charge in [-0.05, 0) is 46.4 Å². The molecule has 0 radical (unpaired) electrons. The van der Waals surface area contributed by atoms with Crippen molar-refractivity contribution >= 4 is 33.1 Å². The maximum atomic E-state index is 12.9. The molecule has 0 aromatic carbocycles. The lowest BCUT2D eigenvalue weighted by Gasteiger charge is -2.13. The van der Waals surface area contributed by atoms with Crippen molar-refractivity contribution in [2.45, 2.75) is 13.0 Å². The lowest BCUT2D eigenvalue weighted by atomic mass is 10.3. The van der Waals surface area contributed by atoms with Gasteiger partial charge in [-0.25, -0.2) is 4.98 Å². The Balaban J connectivity index is 2.14. The summed E-state index contributed by atoms with van der Waals surface area (Å²) in [5, 5.41) is 5.17. The molecular weight excluding hydrogens is 291 g/mol. The molecule has 0 aliphatic heterocycles. The first-order valence-electron chi connectivity index (χ1n) is 4.79. The Morgan fingerprint density at radius 3 is 2.88 bits per heavy atom. The highest BCUT2D eigenvalue weighted by atomic mass is 79.9. The van der Waals surface area contributed by atoms with Crippen LogP contribution in [0.25, 0.3) is 0 Å². The zero-order chi connectivity index (χ0) is 11.5. The van der Waals surface area contributed by atoms with Crippen LogP contribution in [0.3, 0.4) is 0 Å². The monoisotopic (exact) mass is 300 g/mol. The van der Waals surface area contributed by atoms with Crippen molar-refractivity contribution in [3.63, 3.8) is 0 Å². The summed E-state index contributed by atoms with van der Waals surface area (Å²) < 4.78 is 13.9. The lowest BCUT2D eigenvalue weighted by molar-refractivity contribution is 0.584. The number of nitrogens with zero attached hydrogens (tertiary/aromatic N) is 1. The summed E-state index contributed by atoms with van der Waals surface area (Å²) in [7, 11) is 0. The minimum Gasteiger partial charge on any atom is -0.363 e. The summed E-state index contributed by atoms with van der Waals surface area (Å²) in [6.45, 7) is 2.02. The minimum absolute atomic E-state index is 0.101. The Kier molecular flexibility index (Phi) is 3.56. The van der Waals surface area contributed by atoms with Crippen LogP contribution in [0.2, 0.25) is 0 Å². The van der Waals surface area contributed by atoms with E-state index < -0.39 is 5.95 Å². The predicted molar refractivity (Wildman–Crippen MR) is 68.3 cm³/mol. The summed E-state index contributed by atoms with van der Waals surface area (Å²) in [4.78, 5) is 4.94. The fourth-order valence-electron chi connectivity index (χ4n) is 1.39. The van der Waals surface area contributed by atoms with Gasteiger partial charge in [0.1, 0.15) is 5.82 Å². The van der Waals surface area contributed by atoms with Crippen molar-refractivity contribution in [1.82, 2.24) is 4.98 Å². The van der Waals surface area contributed by atoms with Crippen molar-refractivity contribution in [3.05, 3.63) is 44.9 Å². The third kappa shape index (κ3) is 2.59. The zero-order valence-corrected chi connectivity index (χ0v) is 11.0. The second kappa shape index (κ2) is 4.93. The van der Waals surface area contributed by atoms with Gasteiger partial charge < -0.3 is 5.32 Å². The zero-order valence-electron chi connectivity index (χ0n) is 8.58. The fourth-order valence-corrected chi connectivity index (χ4v) is 3.12. The van der Waals surface area contributed by atoms with E-state index in [-0.39, 0.29) is 6.04 Å². The highest BCUT2D eigenvalue weighted by Gasteiger charge is 2.11. The second-order valence-electron chi connectivity index (χ2n) is 3.34. The molecule has 1 N–H and O–H groups in total. The Morgan fingerprint density at radius 1 is 1.44 bits per heavy atom. The van der Waals surface area contributed by atoms with Crippen LogP contribution >= 0.6 is 27.3 Å². The van der Waals surface area contributed by atoms with Crippen LogP contribution in [0.5, 0.6) is 0 Å². The van der Waals surface area contributed by atoms with Crippen LogP contribution < -0.4 is 5.32 Å². The van der Waals surface area contributed by atoms with Crippen molar-refractivity contribution in [1.29, 1.82) is 0 Å². The molecule has 84 valence electrons. The number of pyridine rings is 1. The molecule has 5 heteroatoms. The van der Waals surface area contributed by atoms with E-state index in [4.69, 9.17) is 0 Å². The fraction of sp³-hybridized carbons (Fsp3) is 0.182. The van der Waals surface area contributed by atoms with E-state index in [1.807, 2.05) is 18.4 Å². The van der Waals surface area contributed by atoms with E-state index in [9.17, 15) is 4.39 Å². The molecule has 0 bridgehead atoms. The number of nitrogens with one attached hydrogen (secondary N) is 1. The minimum atomic E-state index is -0.470. The van der Waals surface area contributed by atoms with E-state index in [1.54, 1.807) is 23.5 Å². The van der Waals surface area contributed by atoms with Crippen LogP contribution in [0.15, 0.2) is 34.1 Å². The number of hydrogen-bond donors (Lipinski definition) is 1. The van der Waals surface area contributed by atoms with Crippen LogP contribution in [-0.4, -0.2) is 4.98 Å². The van der Waals surface area contributed by atoms with E-state index in [1.165, 1.54) is 10.9 Å². The van der Waals surface area contributed by atoms with Gasteiger partial charge in [-0.1, -0.05) is 6.07 Å². The van der Waals surface area contributed by atoms with Gasteiger partial charge in [-0.2, -0.15) is 4.39 Å². The standard InChI is InChI=1S/C11H10BrFN2S/c1-7(11-8(12)5-6-16-11)14-10-4-2-3-9(13)15-10/h2-7H,1H3,(H,14,15). The van der Waals surface area contributed by atoms with Gasteiger partial charge in [-0.3, -0.25) is 0 Å². The van der Waals surface area contributed by atoms with E-state index >= 15 is 0 Å². The summed E-state index contributed by atoms with van der Waals surface area (Å²) in [5.41, 5.74) is 0.